The summed E-state index contributed by atoms with van der Waals surface area (Å²) in [5, 5.41) is 10.4. The van der Waals surface area contributed by atoms with Gasteiger partial charge in [-0.25, -0.2) is 8.42 Å². The molecule has 5 heteroatoms. The molecule has 1 atom stereocenters. The first kappa shape index (κ1) is 17.4. The minimum Gasteiger partial charge on any atom is -0.393 e. The van der Waals surface area contributed by atoms with Crippen molar-refractivity contribution in [3.8, 4) is 0 Å². The third kappa shape index (κ3) is 6.07. The fraction of sp³-hybridized carbons (Fsp3) is 0.647. The Kier molecular flexibility index (Phi) is 6.41. The summed E-state index contributed by atoms with van der Waals surface area (Å²) >= 11 is 0. The molecular formula is C17H27NO3S. The van der Waals surface area contributed by atoms with Crippen molar-refractivity contribution in [3.63, 3.8) is 0 Å². The highest BCUT2D eigenvalue weighted by molar-refractivity contribution is 7.90. The quantitative estimate of drug-likeness (QED) is 0.829. The van der Waals surface area contributed by atoms with Crippen LogP contribution < -0.4 is 0 Å². The van der Waals surface area contributed by atoms with Crippen molar-refractivity contribution in [2.75, 3.05) is 31.6 Å². The van der Waals surface area contributed by atoms with Gasteiger partial charge < -0.3 is 10.0 Å². The van der Waals surface area contributed by atoms with Crippen LogP contribution in [0, 0.1) is 5.92 Å². The summed E-state index contributed by atoms with van der Waals surface area (Å²) in [6.07, 6.45) is 4.66. The maximum atomic E-state index is 11.2. The summed E-state index contributed by atoms with van der Waals surface area (Å²) in [7, 11) is -2.88. The molecule has 1 aromatic rings. The lowest BCUT2D eigenvalue weighted by Crippen LogP contribution is -2.40. The predicted octanol–water partition coefficient (Wildman–Crippen LogP) is 1.74. The number of hydrogen-bond acceptors (Lipinski definition) is 4. The number of aliphatic hydroxyl groups excluding tert-OH is 1. The van der Waals surface area contributed by atoms with Crippen LogP contribution in [0.25, 0.3) is 0 Å². The van der Waals surface area contributed by atoms with Crippen molar-refractivity contribution in [3.05, 3.63) is 35.9 Å². The van der Waals surface area contributed by atoms with Gasteiger partial charge in [-0.05, 0) is 50.3 Å². The molecule has 22 heavy (non-hydrogen) atoms. The van der Waals surface area contributed by atoms with Crippen molar-refractivity contribution < 1.29 is 13.5 Å². The molecule has 0 aliphatic carbocycles. The zero-order valence-electron chi connectivity index (χ0n) is 13.3. The van der Waals surface area contributed by atoms with Crippen molar-refractivity contribution in [1.29, 1.82) is 0 Å². The molecule has 0 aromatic heterocycles. The van der Waals surface area contributed by atoms with E-state index in [9.17, 15) is 13.5 Å². The maximum Gasteiger partial charge on any atom is 0.148 e. The van der Waals surface area contributed by atoms with E-state index in [1.165, 1.54) is 11.8 Å². The average molecular weight is 325 g/mol. The summed E-state index contributed by atoms with van der Waals surface area (Å²) in [5.41, 5.74) is 1.27. The molecule has 1 fully saturated rings. The lowest BCUT2D eigenvalue weighted by molar-refractivity contribution is 0.0554. The molecule has 1 aliphatic heterocycles. The Balaban J connectivity index is 1.69. The number of likely N-dealkylation sites (tertiary alicyclic amines) is 1. The first-order valence-corrected chi connectivity index (χ1v) is 10.1. The standard InChI is InChI=1S/C17H27NO3S/c1-22(20,21)14-13-18-11-9-16(10-12-18)17(19)8-7-15-5-3-2-4-6-15/h2-6,16-17,19H,7-14H2,1H3. The molecule has 0 amide bonds. The van der Waals surface area contributed by atoms with E-state index >= 15 is 0 Å². The Labute approximate surface area is 134 Å². The van der Waals surface area contributed by atoms with E-state index in [2.05, 4.69) is 17.0 Å². The first-order chi connectivity index (χ1) is 10.4. The van der Waals surface area contributed by atoms with E-state index in [4.69, 9.17) is 0 Å². The molecule has 1 aromatic carbocycles. The van der Waals surface area contributed by atoms with Gasteiger partial charge in [0.2, 0.25) is 0 Å². The van der Waals surface area contributed by atoms with Crippen LogP contribution in [0.4, 0.5) is 0 Å². The van der Waals surface area contributed by atoms with E-state index in [0.29, 0.717) is 12.5 Å². The van der Waals surface area contributed by atoms with Gasteiger partial charge in [-0.3, -0.25) is 0 Å². The van der Waals surface area contributed by atoms with Gasteiger partial charge in [0.1, 0.15) is 9.84 Å². The number of benzene rings is 1. The van der Waals surface area contributed by atoms with Gasteiger partial charge in [0.05, 0.1) is 11.9 Å². The summed E-state index contributed by atoms with van der Waals surface area (Å²) < 4.78 is 22.4. The lowest BCUT2D eigenvalue weighted by Gasteiger charge is -2.34. The third-order valence-corrected chi connectivity index (χ3v) is 5.45. The molecule has 124 valence electrons. The molecule has 1 heterocycles. The van der Waals surface area contributed by atoms with Gasteiger partial charge in [-0.2, -0.15) is 0 Å². The van der Waals surface area contributed by atoms with Crippen LogP contribution in [-0.4, -0.2) is 56.2 Å². The largest absolute Gasteiger partial charge is 0.393 e. The second-order valence-corrected chi connectivity index (χ2v) is 8.66. The van der Waals surface area contributed by atoms with Crippen LogP contribution in [-0.2, 0) is 16.3 Å². The highest BCUT2D eigenvalue weighted by atomic mass is 32.2. The number of aliphatic hydroxyl groups is 1. The van der Waals surface area contributed by atoms with Crippen LogP contribution in [0.1, 0.15) is 24.8 Å². The second kappa shape index (κ2) is 8.09. The Morgan fingerprint density at radius 3 is 2.45 bits per heavy atom. The van der Waals surface area contributed by atoms with Crippen molar-refractivity contribution in [2.45, 2.75) is 31.8 Å². The SMILES string of the molecule is CS(=O)(=O)CCN1CCC(C(O)CCc2ccccc2)CC1. The minimum absolute atomic E-state index is 0.230. The fourth-order valence-corrected chi connectivity index (χ4v) is 3.64. The van der Waals surface area contributed by atoms with E-state index in [1.54, 1.807) is 0 Å². The Morgan fingerprint density at radius 1 is 1.23 bits per heavy atom. The number of nitrogens with zero attached hydrogens (tertiary/aromatic N) is 1. The average Bonchev–Trinajstić information content (AvgIpc) is 2.51. The number of aryl methyl sites for hydroxylation is 1. The molecule has 1 unspecified atom stereocenters. The van der Waals surface area contributed by atoms with Gasteiger partial charge in [-0.15, -0.1) is 0 Å². The van der Waals surface area contributed by atoms with Crippen molar-refractivity contribution in [1.82, 2.24) is 4.90 Å². The van der Waals surface area contributed by atoms with Crippen molar-refractivity contribution >= 4 is 9.84 Å². The summed E-state index contributed by atoms with van der Waals surface area (Å²) in [4.78, 5) is 2.20. The molecular weight excluding hydrogens is 298 g/mol. The van der Waals surface area contributed by atoms with Crippen LogP contribution in [0.15, 0.2) is 30.3 Å². The fourth-order valence-electron chi connectivity index (χ4n) is 3.05. The minimum atomic E-state index is -2.88. The summed E-state index contributed by atoms with van der Waals surface area (Å²) in [6.45, 7) is 2.40. The van der Waals surface area contributed by atoms with E-state index in [-0.39, 0.29) is 11.9 Å². The van der Waals surface area contributed by atoms with Gasteiger partial charge >= 0.3 is 0 Å². The van der Waals surface area contributed by atoms with Gasteiger partial charge in [0.25, 0.3) is 0 Å². The topological polar surface area (TPSA) is 57.6 Å². The highest BCUT2D eigenvalue weighted by Gasteiger charge is 2.25. The summed E-state index contributed by atoms with van der Waals surface area (Å²) in [6, 6.07) is 10.3. The Bertz CT molecular complexity index is 536. The molecule has 0 bridgehead atoms. The Hall–Kier alpha value is -0.910. The number of rotatable bonds is 7. The van der Waals surface area contributed by atoms with E-state index < -0.39 is 9.84 Å². The first-order valence-electron chi connectivity index (χ1n) is 8.06. The normalized spacial score (nSPS) is 19.2. The molecule has 1 N–H and O–H groups in total. The van der Waals surface area contributed by atoms with Gasteiger partial charge in [0.15, 0.2) is 0 Å². The molecule has 0 radical (unpaired) electrons. The third-order valence-electron chi connectivity index (χ3n) is 4.53. The van der Waals surface area contributed by atoms with Crippen molar-refractivity contribution in [2.24, 2.45) is 5.92 Å². The van der Waals surface area contributed by atoms with E-state index in [1.807, 2.05) is 18.2 Å². The Morgan fingerprint density at radius 2 is 1.86 bits per heavy atom. The lowest BCUT2D eigenvalue weighted by atomic mass is 9.88. The zero-order chi connectivity index (χ0) is 16.0. The highest BCUT2D eigenvalue weighted by Crippen LogP contribution is 2.23. The predicted molar refractivity (Wildman–Crippen MR) is 89.6 cm³/mol. The van der Waals surface area contributed by atoms with Crippen LogP contribution >= 0.6 is 0 Å². The maximum absolute atomic E-state index is 11.2. The van der Waals surface area contributed by atoms with Crippen LogP contribution in [0.5, 0.6) is 0 Å². The van der Waals surface area contributed by atoms with Gasteiger partial charge in [0, 0.05) is 12.8 Å². The zero-order valence-corrected chi connectivity index (χ0v) is 14.1. The summed E-state index contributed by atoms with van der Waals surface area (Å²) in [5.74, 6) is 0.576. The molecule has 1 aliphatic rings. The molecule has 4 nitrogen and oxygen atoms in total. The van der Waals surface area contributed by atoms with Crippen LogP contribution in [0.2, 0.25) is 0 Å². The molecule has 2 rings (SSSR count). The van der Waals surface area contributed by atoms with E-state index in [0.717, 1.165) is 38.8 Å². The van der Waals surface area contributed by atoms with Crippen LogP contribution in [0.3, 0.4) is 0 Å². The molecule has 0 saturated carbocycles. The molecule has 1 saturated heterocycles. The number of hydrogen-bond donors (Lipinski definition) is 1. The smallest absolute Gasteiger partial charge is 0.148 e. The monoisotopic (exact) mass is 325 g/mol. The second-order valence-electron chi connectivity index (χ2n) is 6.40. The molecule has 0 spiro atoms. The van der Waals surface area contributed by atoms with Gasteiger partial charge in [-0.1, -0.05) is 30.3 Å². The number of sulfone groups is 1. The number of piperidine rings is 1.